The molecule has 0 aliphatic heterocycles. The maximum Gasteiger partial charge on any atom is 0.238 e. The van der Waals surface area contributed by atoms with E-state index >= 15 is 0 Å². The van der Waals surface area contributed by atoms with Crippen molar-refractivity contribution in [3.05, 3.63) is 65.9 Å². The smallest absolute Gasteiger partial charge is 0.222 e. The molecule has 2 aromatic carbocycles. The average Bonchev–Trinajstić information content (AvgIpc) is 2.46. The molecular formula is C14H10Cl2N2O4. The Morgan fingerprint density at radius 1 is 0.864 bits per heavy atom. The van der Waals surface area contributed by atoms with Gasteiger partial charge in [-0.1, -0.05) is 34.5 Å². The summed E-state index contributed by atoms with van der Waals surface area (Å²) >= 11 is 5.86. The van der Waals surface area contributed by atoms with Crippen molar-refractivity contribution >= 4 is 22.4 Å². The molecule has 0 aliphatic carbocycles. The van der Waals surface area contributed by atoms with Crippen LogP contribution >= 0.6 is 11.6 Å². The summed E-state index contributed by atoms with van der Waals surface area (Å²) in [6.07, 6.45) is 3.88. The minimum absolute atomic E-state index is 0.732. The molecule has 0 spiro atoms. The van der Waals surface area contributed by atoms with E-state index in [4.69, 9.17) is 30.2 Å². The molecule has 3 rings (SSSR count). The maximum atomic E-state index is 8.49. The summed E-state index contributed by atoms with van der Waals surface area (Å²) in [5.41, 5.74) is 1.00. The van der Waals surface area contributed by atoms with Crippen LogP contribution < -0.4 is 23.3 Å². The van der Waals surface area contributed by atoms with E-state index in [1.54, 1.807) is 0 Å². The van der Waals surface area contributed by atoms with Crippen LogP contribution in [0.15, 0.2) is 60.9 Å². The number of hydrogen-bond acceptors (Lipinski definition) is 5. The lowest BCUT2D eigenvalue weighted by atomic mass is 10.2. The second-order valence-corrected chi connectivity index (χ2v) is 5.39. The molecule has 8 heteroatoms. The quantitative estimate of drug-likeness (QED) is 0.496. The van der Waals surface area contributed by atoms with Gasteiger partial charge in [0.1, 0.15) is 6.20 Å². The van der Waals surface area contributed by atoms with Crippen molar-refractivity contribution in [2.24, 2.45) is 0 Å². The third-order valence-electron chi connectivity index (χ3n) is 2.67. The maximum absolute atomic E-state index is 8.49. The molecule has 0 saturated carbocycles. The highest BCUT2D eigenvalue weighted by atomic mass is 35.7. The van der Waals surface area contributed by atoms with E-state index in [0.717, 1.165) is 21.5 Å². The van der Waals surface area contributed by atoms with Crippen LogP contribution in [0.2, 0.25) is 5.02 Å². The Morgan fingerprint density at radius 2 is 1.41 bits per heavy atom. The van der Waals surface area contributed by atoms with Crippen LogP contribution in [0.3, 0.4) is 0 Å². The molecule has 0 fully saturated rings. The Bertz CT molecular complexity index is 755. The van der Waals surface area contributed by atoms with Gasteiger partial charge in [0.2, 0.25) is 11.9 Å². The van der Waals surface area contributed by atoms with Gasteiger partial charge in [0, 0.05) is 22.5 Å². The SMILES string of the molecule is Clc1ccc(-[n+]2cc3ccccc3cn2)cc1.[O-][Cl+3]([O-])([O-])[O-]. The molecule has 0 bridgehead atoms. The predicted molar refractivity (Wildman–Crippen MR) is 68.3 cm³/mol. The Labute approximate surface area is 133 Å². The third-order valence-corrected chi connectivity index (χ3v) is 2.92. The fourth-order valence-electron chi connectivity index (χ4n) is 1.77. The van der Waals surface area contributed by atoms with Crippen molar-refractivity contribution in [2.45, 2.75) is 0 Å². The molecule has 3 aromatic rings. The van der Waals surface area contributed by atoms with Gasteiger partial charge < -0.3 is 0 Å². The summed E-state index contributed by atoms with van der Waals surface area (Å²) in [6, 6.07) is 15.8. The monoisotopic (exact) mass is 340 g/mol. The van der Waals surface area contributed by atoms with E-state index in [1.165, 1.54) is 0 Å². The molecule has 1 aromatic heterocycles. The van der Waals surface area contributed by atoms with Gasteiger partial charge in [0.05, 0.1) is 5.39 Å². The van der Waals surface area contributed by atoms with E-state index in [9.17, 15) is 0 Å². The van der Waals surface area contributed by atoms with Crippen LogP contribution in [0.4, 0.5) is 0 Å². The van der Waals surface area contributed by atoms with E-state index in [1.807, 2.05) is 53.5 Å². The Hall–Kier alpha value is -1.80. The normalized spacial score (nSPS) is 11.0. The van der Waals surface area contributed by atoms with Crippen molar-refractivity contribution < 1.29 is 33.6 Å². The Kier molecular flexibility index (Phi) is 5.25. The topological polar surface area (TPSA) is 109 Å². The molecule has 0 atom stereocenters. The van der Waals surface area contributed by atoms with Gasteiger partial charge in [0.15, 0.2) is 0 Å². The molecule has 0 N–H and O–H groups in total. The van der Waals surface area contributed by atoms with Gasteiger partial charge in [-0.2, -0.15) is 0 Å². The van der Waals surface area contributed by atoms with Crippen molar-refractivity contribution in [1.29, 1.82) is 0 Å². The predicted octanol–water partition coefficient (Wildman–Crippen LogP) is -1.59. The van der Waals surface area contributed by atoms with Crippen LogP contribution in [-0.2, 0) is 0 Å². The summed E-state index contributed by atoms with van der Waals surface area (Å²) in [7, 11) is -4.94. The van der Waals surface area contributed by atoms with E-state index in [2.05, 4.69) is 17.2 Å². The molecule has 0 radical (unpaired) electrons. The third kappa shape index (κ3) is 5.19. The van der Waals surface area contributed by atoms with E-state index < -0.39 is 10.2 Å². The number of fused-ring (bicyclic) bond motifs is 1. The van der Waals surface area contributed by atoms with Gasteiger partial charge in [-0.05, 0) is 23.3 Å². The lowest BCUT2D eigenvalue weighted by molar-refractivity contribution is -2.00. The van der Waals surface area contributed by atoms with Gasteiger partial charge in [-0.3, -0.25) is 0 Å². The fourth-order valence-corrected chi connectivity index (χ4v) is 1.90. The largest absolute Gasteiger partial charge is 0.238 e. The first-order chi connectivity index (χ1) is 10.3. The summed E-state index contributed by atoms with van der Waals surface area (Å²) in [5.74, 6) is 0. The summed E-state index contributed by atoms with van der Waals surface area (Å²) in [6.45, 7) is 0. The lowest BCUT2D eigenvalue weighted by Crippen LogP contribution is -2.68. The van der Waals surface area contributed by atoms with Crippen molar-refractivity contribution in [3.8, 4) is 5.69 Å². The standard InChI is InChI=1S/C14H10ClN2.ClHO4/c15-13-5-7-14(8-6-13)17-10-12-4-2-1-3-11(12)9-16-17;2-1(3,4)5/h1-10H;(H,2,3,4,5)/q+1;/p-1. The van der Waals surface area contributed by atoms with Crippen LogP contribution in [-0.4, -0.2) is 5.10 Å². The zero-order chi connectivity index (χ0) is 16.2. The summed E-state index contributed by atoms with van der Waals surface area (Å²) in [4.78, 5) is 0. The summed E-state index contributed by atoms with van der Waals surface area (Å²) < 4.78 is 35.8. The average molecular weight is 341 g/mol. The second kappa shape index (κ2) is 6.97. The number of aromatic nitrogens is 2. The zero-order valence-electron chi connectivity index (χ0n) is 11.1. The van der Waals surface area contributed by atoms with E-state index in [0.29, 0.717) is 0 Å². The molecule has 0 unspecified atom stereocenters. The van der Waals surface area contributed by atoms with Crippen molar-refractivity contribution in [2.75, 3.05) is 0 Å². The highest BCUT2D eigenvalue weighted by Crippen LogP contribution is 2.11. The Balaban J connectivity index is 0.000000309. The molecule has 0 aliphatic rings. The molecule has 1 heterocycles. The number of hydrogen-bond donors (Lipinski definition) is 0. The van der Waals surface area contributed by atoms with Gasteiger partial charge in [-0.15, -0.1) is 10.2 Å². The van der Waals surface area contributed by atoms with E-state index in [-0.39, 0.29) is 0 Å². The van der Waals surface area contributed by atoms with Gasteiger partial charge in [0.25, 0.3) is 0 Å². The first-order valence-electron chi connectivity index (χ1n) is 5.97. The van der Waals surface area contributed by atoms with Gasteiger partial charge in [-0.25, -0.2) is 18.6 Å². The van der Waals surface area contributed by atoms with Crippen molar-refractivity contribution in [1.82, 2.24) is 5.10 Å². The number of benzene rings is 2. The molecule has 22 heavy (non-hydrogen) atoms. The number of nitrogens with zero attached hydrogens (tertiary/aromatic N) is 2. The lowest BCUT2D eigenvalue weighted by Gasteiger charge is -2.17. The first kappa shape index (κ1) is 16.6. The highest BCUT2D eigenvalue weighted by molar-refractivity contribution is 6.30. The zero-order valence-corrected chi connectivity index (χ0v) is 12.6. The first-order valence-corrected chi connectivity index (χ1v) is 7.58. The Morgan fingerprint density at radius 3 is 2.00 bits per heavy atom. The number of rotatable bonds is 1. The molecule has 114 valence electrons. The van der Waals surface area contributed by atoms with Crippen molar-refractivity contribution in [3.63, 3.8) is 0 Å². The molecular weight excluding hydrogens is 331 g/mol. The minimum atomic E-state index is -4.94. The molecule has 0 saturated heterocycles. The minimum Gasteiger partial charge on any atom is -0.222 e. The molecule has 0 amide bonds. The van der Waals surface area contributed by atoms with Gasteiger partial charge >= 0.3 is 0 Å². The van der Waals surface area contributed by atoms with Crippen LogP contribution in [0.5, 0.6) is 0 Å². The van der Waals surface area contributed by atoms with Crippen LogP contribution in [0.25, 0.3) is 16.5 Å². The summed E-state index contributed by atoms with van der Waals surface area (Å²) in [5, 5.41) is 7.41. The molecule has 6 nitrogen and oxygen atoms in total. The number of halogens is 2. The van der Waals surface area contributed by atoms with Crippen LogP contribution in [0, 0.1) is 10.2 Å². The van der Waals surface area contributed by atoms with Crippen LogP contribution in [0.1, 0.15) is 0 Å². The fraction of sp³-hybridized carbons (Fsp3) is 0. The second-order valence-electron chi connectivity index (χ2n) is 4.20. The highest BCUT2D eigenvalue weighted by Gasteiger charge is 2.08.